The van der Waals surface area contributed by atoms with Gasteiger partial charge in [0.05, 0.1) is 0 Å². The summed E-state index contributed by atoms with van der Waals surface area (Å²) in [4.78, 5) is 23.4. The van der Waals surface area contributed by atoms with Crippen LogP contribution in [-0.4, -0.2) is 31.6 Å². The number of amides is 3. The number of ether oxygens (including phenoxy) is 1. The third kappa shape index (κ3) is 6.32. The van der Waals surface area contributed by atoms with E-state index in [0.29, 0.717) is 30.4 Å². The fraction of sp³-hybridized carbons (Fsp3) is 0.444. The Labute approximate surface area is 142 Å². The van der Waals surface area contributed by atoms with E-state index in [1.807, 2.05) is 6.92 Å². The predicted molar refractivity (Wildman–Crippen MR) is 94.1 cm³/mol. The van der Waals surface area contributed by atoms with Crippen molar-refractivity contribution in [3.05, 3.63) is 36.4 Å². The van der Waals surface area contributed by atoms with Crippen molar-refractivity contribution >= 4 is 17.6 Å². The van der Waals surface area contributed by atoms with Crippen LogP contribution in [0.5, 0.6) is 5.75 Å². The average Bonchev–Trinajstić information content (AvgIpc) is 2.60. The van der Waals surface area contributed by atoms with Crippen molar-refractivity contribution in [1.82, 2.24) is 10.6 Å². The van der Waals surface area contributed by atoms with Gasteiger partial charge in [-0.05, 0) is 44.2 Å². The first-order valence-electron chi connectivity index (χ1n) is 8.36. The molecule has 24 heavy (non-hydrogen) atoms. The molecule has 1 unspecified atom stereocenters. The first-order valence-corrected chi connectivity index (χ1v) is 8.36. The second-order valence-corrected chi connectivity index (χ2v) is 5.76. The van der Waals surface area contributed by atoms with E-state index in [9.17, 15) is 9.59 Å². The standard InChI is InChI=1S/C18H25N3O3/c1-2-19-17(22)13-24-16-10-6-9-15(11-16)21-18(23)20-12-14-7-4-3-5-8-14/h3-4,6,9-11,14H,2,5,7-8,12-13H2,1H3,(H,19,22)(H2,20,21,23). The first kappa shape index (κ1) is 17.8. The van der Waals surface area contributed by atoms with Gasteiger partial charge in [-0.25, -0.2) is 4.79 Å². The van der Waals surface area contributed by atoms with Gasteiger partial charge in [0.1, 0.15) is 5.75 Å². The Morgan fingerprint density at radius 1 is 1.25 bits per heavy atom. The second kappa shape index (κ2) is 9.60. The largest absolute Gasteiger partial charge is 0.484 e. The quantitative estimate of drug-likeness (QED) is 0.672. The summed E-state index contributed by atoms with van der Waals surface area (Å²) in [6.07, 6.45) is 7.56. The molecule has 0 fully saturated rings. The predicted octanol–water partition coefficient (Wildman–Crippen LogP) is 2.68. The minimum atomic E-state index is -0.231. The van der Waals surface area contributed by atoms with Crippen molar-refractivity contribution in [3.63, 3.8) is 0 Å². The summed E-state index contributed by atoms with van der Waals surface area (Å²) < 4.78 is 5.41. The zero-order valence-corrected chi connectivity index (χ0v) is 14.0. The molecule has 0 spiro atoms. The molecule has 1 aliphatic rings. The zero-order valence-electron chi connectivity index (χ0n) is 14.0. The summed E-state index contributed by atoms with van der Waals surface area (Å²) in [6, 6.07) is 6.76. The lowest BCUT2D eigenvalue weighted by Crippen LogP contribution is -2.33. The molecule has 3 amide bonds. The van der Waals surface area contributed by atoms with Crippen LogP contribution < -0.4 is 20.7 Å². The van der Waals surface area contributed by atoms with Crippen molar-refractivity contribution < 1.29 is 14.3 Å². The summed E-state index contributed by atoms with van der Waals surface area (Å²) in [5.74, 6) is 0.874. The number of benzene rings is 1. The lowest BCUT2D eigenvalue weighted by Gasteiger charge is -2.18. The topological polar surface area (TPSA) is 79.5 Å². The maximum absolute atomic E-state index is 12.0. The van der Waals surface area contributed by atoms with Crippen molar-refractivity contribution in [2.24, 2.45) is 5.92 Å². The molecule has 130 valence electrons. The van der Waals surface area contributed by atoms with Crippen LogP contribution in [0.3, 0.4) is 0 Å². The second-order valence-electron chi connectivity index (χ2n) is 5.76. The molecule has 0 radical (unpaired) electrons. The molecule has 1 aromatic rings. The molecule has 0 heterocycles. The van der Waals surface area contributed by atoms with E-state index in [1.165, 1.54) is 0 Å². The fourth-order valence-corrected chi connectivity index (χ4v) is 2.51. The van der Waals surface area contributed by atoms with Crippen molar-refractivity contribution in [3.8, 4) is 5.75 Å². The minimum absolute atomic E-state index is 0.0430. The van der Waals surface area contributed by atoms with Crippen LogP contribution in [0.1, 0.15) is 26.2 Å². The molecule has 0 aromatic heterocycles. The molecule has 6 nitrogen and oxygen atoms in total. The van der Waals surface area contributed by atoms with Gasteiger partial charge in [-0.1, -0.05) is 18.2 Å². The Hall–Kier alpha value is -2.50. The Morgan fingerprint density at radius 3 is 2.88 bits per heavy atom. The monoisotopic (exact) mass is 331 g/mol. The van der Waals surface area contributed by atoms with Crippen LogP contribution in [-0.2, 0) is 4.79 Å². The average molecular weight is 331 g/mol. The molecule has 0 saturated heterocycles. The highest BCUT2D eigenvalue weighted by Gasteiger charge is 2.11. The Bertz CT molecular complexity index is 587. The highest BCUT2D eigenvalue weighted by molar-refractivity contribution is 5.89. The molecule has 0 saturated carbocycles. The van der Waals surface area contributed by atoms with Crippen LogP contribution in [0.25, 0.3) is 0 Å². The first-order chi connectivity index (χ1) is 11.7. The Kier molecular flexibility index (Phi) is 7.14. The van der Waals surface area contributed by atoms with Gasteiger partial charge in [0.25, 0.3) is 5.91 Å². The van der Waals surface area contributed by atoms with Crippen molar-refractivity contribution in [2.45, 2.75) is 26.2 Å². The van der Waals surface area contributed by atoms with Crippen LogP contribution in [0, 0.1) is 5.92 Å². The van der Waals surface area contributed by atoms with Crippen LogP contribution >= 0.6 is 0 Å². The number of nitrogens with one attached hydrogen (secondary N) is 3. The van der Waals surface area contributed by atoms with Crippen molar-refractivity contribution in [2.75, 3.05) is 25.0 Å². The highest BCUT2D eigenvalue weighted by atomic mass is 16.5. The van der Waals surface area contributed by atoms with Crippen LogP contribution in [0.4, 0.5) is 10.5 Å². The number of carbonyl (C=O) groups is 2. The van der Waals surface area contributed by atoms with E-state index < -0.39 is 0 Å². The van der Waals surface area contributed by atoms with Crippen LogP contribution in [0.2, 0.25) is 0 Å². The molecule has 6 heteroatoms. The Balaban J connectivity index is 1.77. The van der Waals surface area contributed by atoms with E-state index in [-0.39, 0.29) is 18.5 Å². The summed E-state index contributed by atoms with van der Waals surface area (Å²) in [5, 5.41) is 8.35. The summed E-state index contributed by atoms with van der Waals surface area (Å²) in [6.45, 7) is 3.05. The van der Waals surface area contributed by atoms with Gasteiger partial charge in [0.2, 0.25) is 0 Å². The van der Waals surface area contributed by atoms with Gasteiger partial charge in [-0.2, -0.15) is 0 Å². The van der Waals surface area contributed by atoms with Crippen LogP contribution in [0.15, 0.2) is 36.4 Å². The molecule has 3 N–H and O–H groups in total. The van der Waals surface area contributed by atoms with E-state index >= 15 is 0 Å². The number of likely N-dealkylation sites (N-methyl/N-ethyl adjacent to an activating group) is 1. The van der Waals surface area contributed by atoms with Gasteiger partial charge < -0.3 is 20.7 Å². The SMILES string of the molecule is CCNC(=O)COc1cccc(NC(=O)NCC2CC=CCC2)c1. The molecular formula is C18H25N3O3. The van der Waals surface area contributed by atoms with E-state index in [0.717, 1.165) is 19.3 Å². The third-order valence-electron chi connectivity index (χ3n) is 3.76. The van der Waals surface area contributed by atoms with E-state index in [1.54, 1.807) is 24.3 Å². The molecule has 1 atom stereocenters. The number of hydrogen-bond acceptors (Lipinski definition) is 3. The third-order valence-corrected chi connectivity index (χ3v) is 3.76. The Morgan fingerprint density at radius 2 is 2.12 bits per heavy atom. The lowest BCUT2D eigenvalue weighted by molar-refractivity contribution is -0.122. The normalized spacial score (nSPS) is 16.3. The molecule has 1 aliphatic carbocycles. The van der Waals surface area contributed by atoms with Crippen molar-refractivity contribution in [1.29, 1.82) is 0 Å². The maximum Gasteiger partial charge on any atom is 0.319 e. The van der Waals surface area contributed by atoms with Gasteiger partial charge in [-0.3, -0.25) is 4.79 Å². The van der Waals surface area contributed by atoms with E-state index in [4.69, 9.17) is 4.74 Å². The fourth-order valence-electron chi connectivity index (χ4n) is 2.51. The van der Waals surface area contributed by atoms with Gasteiger partial charge in [0.15, 0.2) is 6.61 Å². The molecule has 0 bridgehead atoms. The van der Waals surface area contributed by atoms with Gasteiger partial charge in [0, 0.05) is 24.8 Å². The lowest BCUT2D eigenvalue weighted by atomic mass is 9.94. The zero-order chi connectivity index (χ0) is 17.2. The van der Waals surface area contributed by atoms with Gasteiger partial charge >= 0.3 is 6.03 Å². The summed E-state index contributed by atoms with van der Waals surface area (Å²) in [7, 11) is 0. The molecule has 2 rings (SSSR count). The molecule has 1 aromatic carbocycles. The maximum atomic E-state index is 12.0. The summed E-state index contributed by atoms with van der Waals surface area (Å²) >= 11 is 0. The minimum Gasteiger partial charge on any atom is -0.484 e. The number of allylic oxidation sites excluding steroid dienone is 2. The smallest absolute Gasteiger partial charge is 0.319 e. The number of carbonyl (C=O) groups excluding carboxylic acids is 2. The summed E-state index contributed by atoms with van der Waals surface area (Å²) in [5.41, 5.74) is 0.629. The van der Waals surface area contributed by atoms with Gasteiger partial charge in [-0.15, -0.1) is 0 Å². The number of anilines is 1. The number of hydrogen-bond donors (Lipinski definition) is 3. The number of rotatable bonds is 7. The molecular weight excluding hydrogens is 306 g/mol. The molecule has 0 aliphatic heterocycles. The number of urea groups is 1. The van der Waals surface area contributed by atoms with E-state index in [2.05, 4.69) is 28.1 Å². The highest BCUT2D eigenvalue weighted by Crippen LogP contribution is 2.18.